The Morgan fingerprint density at radius 1 is 1.15 bits per heavy atom. The van der Waals surface area contributed by atoms with E-state index in [2.05, 4.69) is 26.5 Å². The lowest BCUT2D eigenvalue weighted by Gasteiger charge is -2.10. The van der Waals surface area contributed by atoms with Gasteiger partial charge in [-0.15, -0.1) is 0 Å². The lowest BCUT2D eigenvalue weighted by atomic mass is 10.2. The third-order valence-electron chi connectivity index (χ3n) is 4.23. The van der Waals surface area contributed by atoms with Crippen LogP contribution in [-0.2, 0) is 4.79 Å². The molecule has 0 aromatic heterocycles. The third-order valence-corrected chi connectivity index (χ3v) is 4.82. The van der Waals surface area contributed by atoms with E-state index in [-0.39, 0.29) is 38.3 Å². The van der Waals surface area contributed by atoms with Gasteiger partial charge in [0.05, 0.1) is 26.7 Å². The van der Waals surface area contributed by atoms with Gasteiger partial charge in [0.15, 0.2) is 12.4 Å². The Bertz CT molecular complexity index is 1300. The molecule has 0 aliphatic carbocycles. The van der Waals surface area contributed by atoms with Crippen LogP contribution in [0.1, 0.15) is 21.5 Å². The fraction of sp³-hybridized carbons (Fsp3) is 0.0435. The van der Waals surface area contributed by atoms with Crippen LogP contribution in [0.2, 0.25) is 0 Å². The van der Waals surface area contributed by atoms with Crippen molar-refractivity contribution >= 4 is 39.7 Å². The normalized spacial score (nSPS) is 10.4. The second-order valence-electron chi connectivity index (χ2n) is 6.55. The molecule has 1 N–H and O–H groups in total. The van der Waals surface area contributed by atoms with Crippen LogP contribution in [0.4, 0.5) is 5.69 Å². The maximum atomic E-state index is 12.5. The van der Waals surface area contributed by atoms with Gasteiger partial charge in [0, 0.05) is 17.7 Å². The number of non-ortho nitro benzene ring substituents is 1. The Kier molecular flexibility index (Phi) is 8.04. The van der Waals surface area contributed by atoms with E-state index >= 15 is 0 Å². The van der Waals surface area contributed by atoms with Gasteiger partial charge in [-0.3, -0.25) is 14.9 Å². The van der Waals surface area contributed by atoms with E-state index in [0.717, 1.165) is 12.3 Å². The predicted molar refractivity (Wildman–Crippen MR) is 125 cm³/mol. The minimum absolute atomic E-state index is 0.0170. The number of carbonyl (C=O) groups is 2. The molecule has 0 heterocycles. The van der Waals surface area contributed by atoms with Crippen LogP contribution in [0.15, 0.2) is 76.3 Å². The number of para-hydroxylation sites is 1. The zero-order valence-corrected chi connectivity index (χ0v) is 18.9. The highest BCUT2D eigenvalue weighted by Gasteiger charge is 2.19. The number of nitrogens with zero attached hydrogens (tertiary/aromatic N) is 3. The molecule has 0 aliphatic heterocycles. The van der Waals surface area contributed by atoms with Crippen molar-refractivity contribution in [3.63, 3.8) is 0 Å². The molecule has 3 aromatic rings. The average molecular weight is 523 g/mol. The molecular formula is C23H15BrN4O6. The Balaban J connectivity index is 1.75. The van der Waals surface area contributed by atoms with Crippen molar-refractivity contribution in [3.05, 3.63) is 98.0 Å². The van der Waals surface area contributed by atoms with E-state index in [1.54, 1.807) is 54.6 Å². The van der Waals surface area contributed by atoms with Gasteiger partial charge in [-0.1, -0.05) is 30.3 Å². The molecule has 0 bridgehead atoms. The van der Waals surface area contributed by atoms with E-state index in [4.69, 9.17) is 14.7 Å². The van der Waals surface area contributed by atoms with Gasteiger partial charge in [-0.05, 0) is 40.2 Å². The van der Waals surface area contributed by atoms with Crippen molar-refractivity contribution in [1.82, 2.24) is 5.43 Å². The molecular weight excluding hydrogens is 508 g/mol. The summed E-state index contributed by atoms with van der Waals surface area (Å²) in [6.45, 7) is -0.426. The summed E-state index contributed by atoms with van der Waals surface area (Å²) in [5.41, 5.74) is 2.55. The number of halogens is 1. The Morgan fingerprint density at radius 2 is 1.85 bits per heavy atom. The van der Waals surface area contributed by atoms with Crippen molar-refractivity contribution in [2.75, 3.05) is 6.61 Å². The minimum Gasteiger partial charge on any atom is -0.482 e. The molecule has 3 aromatic carbocycles. The van der Waals surface area contributed by atoms with Crippen LogP contribution in [0, 0.1) is 21.4 Å². The number of rotatable bonds is 8. The number of nitro groups is 1. The smallest absolute Gasteiger partial charge is 0.343 e. The highest BCUT2D eigenvalue weighted by molar-refractivity contribution is 9.10. The number of hydrogen-bond donors (Lipinski definition) is 1. The van der Waals surface area contributed by atoms with Crippen molar-refractivity contribution in [2.24, 2.45) is 5.10 Å². The van der Waals surface area contributed by atoms with Gasteiger partial charge in [0.2, 0.25) is 0 Å². The van der Waals surface area contributed by atoms with E-state index < -0.39 is 23.4 Å². The number of nitro benzene ring substituents is 1. The van der Waals surface area contributed by atoms with E-state index in [0.29, 0.717) is 0 Å². The molecule has 11 heteroatoms. The summed E-state index contributed by atoms with van der Waals surface area (Å²) in [5.74, 6) is -1.10. The average Bonchev–Trinajstić information content (AvgIpc) is 2.85. The molecule has 0 aliphatic rings. The summed E-state index contributed by atoms with van der Waals surface area (Å²) in [6, 6.07) is 18.9. The number of hydrogen-bond acceptors (Lipinski definition) is 8. The molecule has 1 amide bonds. The Morgan fingerprint density at radius 3 is 2.56 bits per heavy atom. The molecule has 170 valence electrons. The number of amides is 1. The summed E-state index contributed by atoms with van der Waals surface area (Å²) in [7, 11) is 0. The maximum Gasteiger partial charge on any atom is 0.343 e. The number of nitrogens with one attached hydrogen (secondary N) is 1. The number of hydrazone groups is 1. The first kappa shape index (κ1) is 24.1. The summed E-state index contributed by atoms with van der Waals surface area (Å²) in [4.78, 5) is 35.1. The number of carbonyl (C=O) groups excluding carboxylic acids is 2. The quantitative estimate of drug-likeness (QED) is 0.155. The topological polar surface area (TPSA) is 144 Å². The fourth-order valence-electron chi connectivity index (χ4n) is 2.67. The zero-order chi connectivity index (χ0) is 24.5. The first-order chi connectivity index (χ1) is 16.4. The summed E-state index contributed by atoms with van der Waals surface area (Å²) >= 11 is 3.18. The molecule has 0 unspecified atom stereocenters. The lowest BCUT2D eigenvalue weighted by Crippen LogP contribution is -2.24. The highest BCUT2D eigenvalue weighted by Crippen LogP contribution is 2.33. The highest BCUT2D eigenvalue weighted by atomic mass is 79.9. The fourth-order valence-corrected chi connectivity index (χ4v) is 3.21. The van der Waals surface area contributed by atoms with Crippen LogP contribution in [-0.4, -0.2) is 29.6 Å². The monoisotopic (exact) mass is 522 g/mol. The first-order valence-electron chi connectivity index (χ1n) is 9.58. The van der Waals surface area contributed by atoms with Crippen LogP contribution in [0.5, 0.6) is 11.5 Å². The number of benzene rings is 3. The summed E-state index contributed by atoms with van der Waals surface area (Å²) in [6.07, 6.45) is 1.10. The van der Waals surface area contributed by atoms with Gasteiger partial charge in [0.25, 0.3) is 11.6 Å². The molecule has 3 rings (SSSR count). The second-order valence-corrected chi connectivity index (χ2v) is 7.40. The van der Waals surface area contributed by atoms with Gasteiger partial charge in [0.1, 0.15) is 11.8 Å². The molecule has 0 saturated heterocycles. The molecule has 0 atom stereocenters. The maximum absolute atomic E-state index is 12.5. The Labute approximate surface area is 201 Å². The molecule has 10 nitrogen and oxygen atoms in total. The number of ether oxygens (including phenoxy) is 2. The number of esters is 1. The van der Waals surface area contributed by atoms with E-state index in [1.165, 1.54) is 6.07 Å². The minimum atomic E-state index is -0.682. The lowest BCUT2D eigenvalue weighted by molar-refractivity contribution is -0.385. The van der Waals surface area contributed by atoms with Crippen LogP contribution >= 0.6 is 15.9 Å². The standard InChI is InChI=1S/C23H15BrN4O6/c24-19-11-18(28(31)32)10-17(22(19)34-23(30)15-6-2-1-3-7-15)13-26-27-21(29)14-33-20-9-5-4-8-16(20)12-25/h1-11,13H,14H2,(H,27,29)/b26-13-. The first-order valence-corrected chi connectivity index (χ1v) is 10.4. The van der Waals surface area contributed by atoms with Crippen molar-refractivity contribution in [3.8, 4) is 17.6 Å². The molecule has 0 saturated carbocycles. The molecule has 0 spiro atoms. The Hall–Kier alpha value is -4.56. The number of nitriles is 1. The molecule has 0 fully saturated rings. The third kappa shape index (κ3) is 6.24. The predicted octanol–water partition coefficient (Wildman–Crippen LogP) is 3.98. The van der Waals surface area contributed by atoms with Crippen LogP contribution < -0.4 is 14.9 Å². The van der Waals surface area contributed by atoms with Gasteiger partial charge in [-0.2, -0.15) is 10.4 Å². The summed E-state index contributed by atoms with van der Waals surface area (Å²) < 4.78 is 10.9. The SMILES string of the molecule is N#Cc1ccccc1OCC(=O)N/N=C\c1cc([N+](=O)[O-])cc(Br)c1OC(=O)c1ccccc1. The molecule has 0 radical (unpaired) electrons. The van der Waals surface area contributed by atoms with E-state index in [1.807, 2.05) is 6.07 Å². The largest absolute Gasteiger partial charge is 0.482 e. The summed E-state index contributed by atoms with van der Waals surface area (Å²) in [5, 5.41) is 24.1. The van der Waals surface area contributed by atoms with Gasteiger partial charge < -0.3 is 9.47 Å². The van der Waals surface area contributed by atoms with Gasteiger partial charge >= 0.3 is 5.97 Å². The van der Waals surface area contributed by atoms with E-state index in [9.17, 15) is 19.7 Å². The van der Waals surface area contributed by atoms with Gasteiger partial charge in [-0.25, -0.2) is 10.2 Å². The van der Waals surface area contributed by atoms with Crippen molar-refractivity contribution in [1.29, 1.82) is 5.26 Å². The van der Waals surface area contributed by atoms with Crippen LogP contribution in [0.3, 0.4) is 0 Å². The zero-order valence-electron chi connectivity index (χ0n) is 17.3. The molecule has 34 heavy (non-hydrogen) atoms. The van der Waals surface area contributed by atoms with Crippen molar-refractivity contribution < 1.29 is 24.0 Å². The second kappa shape index (κ2) is 11.3. The van der Waals surface area contributed by atoms with Crippen LogP contribution in [0.25, 0.3) is 0 Å². The van der Waals surface area contributed by atoms with Crippen molar-refractivity contribution in [2.45, 2.75) is 0 Å².